The van der Waals surface area contributed by atoms with Crippen LogP contribution in [0.5, 0.6) is 11.5 Å². The highest BCUT2D eigenvalue weighted by molar-refractivity contribution is 5.96. The van der Waals surface area contributed by atoms with Crippen LogP contribution in [0.2, 0.25) is 0 Å². The van der Waals surface area contributed by atoms with Crippen LogP contribution in [0, 0.1) is 20.8 Å². The van der Waals surface area contributed by atoms with Crippen LogP contribution in [0.15, 0.2) is 111 Å². The molecule has 7 heteroatoms. The average molecular weight is 502 g/mol. The van der Waals surface area contributed by atoms with Crippen LogP contribution in [0.1, 0.15) is 16.7 Å². The molecule has 0 atom stereocenters. The van der Waals surface area contributed by atoms with Gasteiger partial charge in [0.05, 0.1) is 11.4 Å². The van der Waals surface area contributed by atoms with E-state index in [2.05, 4.69) is 25.8 Å². The molecular formula is C31H27N5O2. The number of benzene rings is 5. The quantitative estimate of drug-likeness (QED) is 0.202. The molecule has 0 unspecified atom stereocenters. The number of aryl methyl sites for hydroxylation is 3. The van der Waals surface area contributed by atoms with Gasteiger partial charge < -0.3 is 15.5 Å². The summed E-state index contributed by atoms with van der Waals surface area (Å²) in [6.45, 7) is 5.72. The molecule has 38 heavy (non-hydrogen) atoms. The van der Waals surface area contributed by atoms with E-state index >= 15 is 0 Å². The van der Waals surface area contributed by atoms with E-state index in [1.165, 1.54) is 6.07 Å². The van der Waals surface area contributed by atoms with Gasteiger partial charge in [-0.15, -0.1) is 10.2 Å². The second kappa shape index (κ2) is 10.5. The molecule has 7 nitrogen and oxygen atoms in total. The number of fused-ring (bicyclic) bond motifs is 1. The summed E-state index contributed by atoms with van der Waals surface area (Å²) in [5.41, 5.74) is 6.42. The predicted octanol–water partition coefficient (Wildman–Crippen LogP) is 9.75. The Labute approximate surface area is 220 Å². The van der Waals surface area contributed by atoms with Gasteiger partial charge in [-0.2, -0.15) is 10.2 Å². The smallest absolute Gasteiger partial charge is 0.151 e. The lowest BCUT2D eigenvalue weighted by Crippen LogP contribution is -1.90. The molecule has 0 radical (unpaired) electrons. The minimum absolute atomic E-state index is 0.0368. The van der Waals surface area contributed by atoms with Gasteiger partial charge >= 0.3 is 0 Å². The molecule has 0 amide bonds. The van der Waals surface area contributed by atoms with Crippen LogP contribution in [0.25, 0.3) is 10.8 Å². The van der Waals surface area contributed by atoms with Crippen LogP contribution in [-0.4, -0.2) is 10.2 Å². The van der Waals surface area contributed by atoms with Crippen LogP contribution < -0.4 is 5.32 Å². The van der Waals surface area contributed by atoms with Crippen molar-refractivity contribution in [2.45, 2.75) is 20.8 Å². The molecule has 5 rings (SSSR count). The Morgan fingerprint density at radius 2 is 1.39 bits per heavy atom. The number of phenolic OH excluding ortho intramolecular Hbond substituents is 2. The van der Waals surface area contributed by atoms with E-state index in [9.17, 15) is 10.2 Å². The molecule has 0 aliphatic heterocycles. The lowest BCUT2D eigenvalue weighted by molar-refractivity contribution is 0.475. The molecule has 0 bridgehead atoms. The number of hydrogen-bond acceptors (Lipinski definition) is 7. The Hall–Kier alpha value is -5.04. The van der Waals surface area contributed by atoms with E-state index in [4.69, 9.17) is 0 Å². The number of anilines is 2. The molecule has 0 aliphatic rings. The van der Waals surface area contributed by atoms with Gasteiger partial charge in [-0.1, -0.05) is 30.3 Å². The van der Waals surface area contributed by atoms with Gasteiger partial charge in [-0.3, -0.25) is 0 Å². The molecule has 0 spiro atoms. The van der Waals surface area contributed by atoms with Crippen molar-refractivity contribution in [1.29, 1.82) is 0 Å². The predicted molar refractivity (Wildman–Crippen MR) is 152 cm³/mol. The number of azo groups is 2. The SMILES string of the molecule is Cc1cccc(N=Nc2cc(O)c(N=Nc3c(C)cc4cc(Nc5ccccc5)ccc4c3O)cc2C)c1. The largest absolute Gasteiger partial charge is 0.506 e. The summed E-state index contributed by atoms with van der Waals surface area (Å²) in [5.74, 6) is -0.0399. The monoisotopic (exact) mass is 501 g/mol. The highest BCUT2D eigenvalue weighted by Gasteiger charge is 2.12. The second-order valence-corrected chi connectivity index (χ2v) is 9.18. The lowest BCUT2D eigenvalue weighted by atomic mass is 10.0. The van der Waals surface area contributed by atoms with E-state index in [0.29, 0.717) is 16.8 Å². The molecular weight excluding hydrogens is 474 g/mol. The summed E-state index contributed by atoms with van der Waals surface area (Å²) in [5, 5.41) is 43.6. The summed E-state index contributed by atoms with van der Waals surface area (Å²) in [6.07, 6.45) is 0. The van der Waals surface area contributed by atoms with Gasteiger partial charge in [0.1, 0.15) is 17.1 Å². The number of para-hydroxylation sites is 1. The fourth-order valence-corrected chi connectivity index (χ4v) is 4.17. The normalized spacial score (nSPS) is 11.6. The van der Waals surface area contributed by atoms with Crippen molar-refractivity contribution in [3.63, 3.8) is 0 Å². The Morgan fingerprint density at radius 1 is 0.605 bits per heavy atom. The van der Waals surface area contributed by atoms with Gasteiger partial charge in [0.15, 0.2) is 5.75 Å². The van der Waals surface area contributed by atoms with Crippen molar-refractivity contribution in [3.05, 3.63) is 108 Å². The summed E-state index contributed by atoms with van der Waals surface area (Å²) < 4.78 is 0. The number of hydrogen-bond donors (Lipinski definition) is 3. The average Bonchev–Trinajstić information content (AvgIpc) is 2.90. The number of nitrogens with zero attached hydrogens (tertiary/aromatic N) is 4. The van der Waals surface area contributed by atoms with Crippen molar-refractivity contribution >= 4 is 44.9 Å². The first-order valence-electron chi connectivity index (χ1n) is 12.2. The van der Waals surface area contributed by atoms with Crippen molar-refractivity contribution < 1.29 is 10.2 Å². The lowest BCUT2D eigenvalue weighted by Gasteiger charge is -2.11. The zero-order valence-electron chi connectivity index (χ0n) is 21.3. The topological polar surface area (TPSA) is 102 Å². The first kappa shape index (κ1) is 24.6. The molecule has 5 aromatic carbocycles. The Bertz CT molecular complexity index is 1690. The second-order valence-electron chi connectivity index (χ2n) is 9.18. The third-order valence-electron chi connectivity index (χ3n) is 6.16. The van der Waals surface area contributed by atoms with Gasteiger partial charge in [-0.05, 0) is 97.4 Å². The third-order valence-corrected chi connectivity index (χ3v) is 6.16. The Balaban J connectivity index is 1.41. The van der Waals surface area contributed by atoms with Gasteiger partial charge in [-0.25, -0.2) is 0 Å². The van der Waals surface area contributed by atoms with Gasteiger partial charge in [0.25, 0.3) is 0 Å². The van der Waals surface area contributed by atoms with Crippen LogP contribution in [-0.2, 0) is 0 Å². The van der Waals surface area contributed by atoms with Crippen LogP contribution >= 0.6 is 0 Å². The molecule has 0 aromatic heterocycles. The molecule has 0 saturated heterocycles. The van der Waals surface area contributed by atoms with Gasteiger partial charge in [0.2, 0.25) is 0 Å². The maximum absolute atomic E-state index is 11.0. The molecule has 0 fully saturated rings. The van der Waals surface area contributed by atoms with Crippen LogP contribution in [0.3, 0.4) is 0 Å². The minimum atomic E-state index is -0.0768. The fraction of sp³-hybridized carbons (Fsp3) is 0.0968. The zero-order valence-corrected chi connectivity index (χ0v) is 21.3. The van der Waals surface area contributed by atoms with E-state index < -0.39 is 0 Å². The van der Waals surface area contributed by atoms with Crippen LogP contribution in [0.4, 0.5) is 34.1 Å². The first-order valence-corrected chi connectivity index (χ1v) is 12.2. The Kier molecular flexibility index (Phi) is 6.82. The maximum Gasteiger partial charge on any atom is 0.151 e. The molecule has 0 aliphatic carbocycles. The zero-order chi connectivity index (χ0) is 26.6. The standard InChI is InChI=1S/C31H27N5O2/c1-19-8-7-11-25(14-19)33-34-27-18-29(37)28(16-20(27)2)35-36-30-21(3)15-22-17-24(12-13-26(22)31(30)38)32-23-9-5-4-6-10-23/h4-18,32,37-38H,1-3H3. The number of nitrogens with one attached hydrogen (secondary N) is 1. The molecule has 0 saturated carbocycles. The van der Waals surface area contributed by atoms with Crippen molar-refractivity contribution in [1.82, 2.24) is 0 Å². The summed E-state index contributed by atoms with van der Waals surface area (Å²) >= 11 is 0. The number of rotatable bonds is 6. The molecule has 5 aromatic rings. The highest BCUT2D eigenvalue weighted by atomic mass is 16.3. The minimum Gasteiger partial charge on any atom is -0.506 e. The number of phenols is 2. The summed E-state index contributed by atoms with van der Waals surface area (Å²) in [6, 6.07) is 28.5. The number of aromatic hydroxyl groups is 2. The first-order chi connectivity index (χ1) is 18.4. The fourth-order valence-electron chi connectivity index (χ4n) is 4.17. The van der Waals surface area contributed by atoms with E-state index in [1.807, 2.05) is 99.6 Å². The van der Waals surface area contributed by atoms with Crippen molar-refractivity contribution in [2.75, 3.05) is 5.32 Å². The highest BCUT2D eigenvalue weighted by Crippen LogP contribution is 2.41. The Morgan fingerprint density at radius 3 is 2.18 bits per heavy atom. The van der Waals surface area contributed by atoms with E-state index in [-0.39, 0.29) is 17.2 Å². The van der Waals surface area contributed by atoms with Gasteiger partial charge in [0, 0.05) is 22.8 Å². The molecule has 3 N–H and O–H groups in total. The summed E-state index contributed by atoms with van der Waals surface area (Å²) in [7, 11) is 0. The van der Waals surface area contributed by atoms with Crippen molar-refractivity contribution in [2.24, 2.45) is 20.5 Å². The third kappa shape index (κ3) is 5.37. The van der Waals surface area contributed by atoms with E-state index in [1.54, 1.807) is 6.07 Å². The molecule has 188 valence electrons. The molecule has 0 heterocycles. The summed E-state index contributed by atoms with van der Waals surface area (Å²) in [4.78, 5) is 0. The van der Waals surface area contributed by atoms with Crippen molar-refractivity contribution in [3.8, 4) is 11.5 Å². The van der Waals surface area contributed by atoms with E-state index in [0.717, 1.165) is 39.1 Å². The maximum atomic E-state index is 11.0.